The highest BCUT2D eigenvalue weighted by Gasteiger charge is 2.09. The molecule has 0 unspecified atom stereocenters. The number of hydrogen-bond acceptors (Lipinski definition) is 4. The van der Waals surface area contributed by atoms with E-state index in [1.807, 2.05) is 0 Å². The van der Waals surface area contributed by atoms with Gasteiger partial charge < -0.3 is 15.2 Å². The average Bonchev–Trinajstić information content (AvgIpc) is 2.28. The highest BCUT2D eigenvalue weighted by molar-refractivity contribution is 5.89. The lowest BCUT2D eigenvalue weighted by Gasteiger charge is -2.08. The van der Waals surface area contributed by atoms with Gasteiger partial charge in [-0.05, 0) is 25.1 Å². The maximum atomic E-state index is 11.4. The largest absolute Gasteiger partial charge is 0.496 e. The molecule has 0 amide bonds. The molecule has 4 nitrogen and oxygen atoms in total. The summed E-state index contributed by atoms with van der Waals surface area (Å²) < 4.78 is 9.98. The maximum Gasteiger partial charge on any atom is 0.338 e. The zero-order valence-corrected chi connectivity index (χ0v) is 8.95. The van der Waals surface area contributed by atoms with Crippen LogP contribution in [0.4, 0.5) is 0 Å². The number of carbonyl (C=O) groups is 1. The number of benzene rings is 1. The van der Waals surface area contributed by atoms with Crippen molar-refractivity contribution in [1.82, 2.24) is 0 Å². The van der Waals surface area contributed by atoms with E-state index in [1.165, 1.54) is 0 Å². The average molecular weight is 209 g/mol. The molecule has 0 radical (unpaired) electrons. The molecule has 0 fully saturated rings. The Morgan fingerprint density at radius 3 is 2.73 bits per heavy atom. The van der Waals surface area contributed by atoms with Gasteiger partial charge in [-0.2, -0.15) is 0 Å². The SMILES string of the molecule is CCOC(=O)c1ccc(OC)c(CN)c1. The Balaban J connectivity index is 2.97. The number of esters is 1. The van der Waals surface area contributed by atoms with Crippen molar-refractivity contribution in [3.63, 3.8) is 0 Å². The van der Waals surface area contributed by atoms with Gasteiger partial charge in [-0.3, -0.25) is 0 Å². The van der Waals surface area contributed by atoms with Crippen LogP contribution >= 0.6 is 0 Å². The highest BCUT2D eigenvalue weighted by atomic mass is 16.5. The van der Waals surface area contributed by atoms with Gasteiger partial charge in [0.2, 0.25) is 0 Å². The Kier molecular flexibility index (Phi) is 4.12. The van der Waals surface area contributed by atoms with E-state index in [0.29, 0.717) is 24.5 Å². The van der Waals surface area contributed by atoms with Crippen molar-refractivity contribution in [2.75, 3.05) is 13.7 Å². The van der Waals surface area contributed by atoms with Gasteiger partial charge in [-0.1, -0.05) is 0 Å². The lowest BCUT2D eigenvalue weighted by molar-refractivity contribution is 0.0526. The van der Waals surface area contributed by atoms with E-state index in [4.69, 9.17) is 15.2 Å². The summed E-state index contributed by atoms with van der Waals surface area (Å²) in [6.45, 7) is 2.46. The molecule has 0 saturated carbocycles. The second kappa shape index (κ2) is 5.36. The molecule has 1 rings (SSSR count). The maximum absolute atomic E-state index is 11.4. The molecule has 2 N–H and O–H groups in total. The molecule has 0 aliphatic rings. The normalized spacial score (nSPS) is 9.80. The minimum Gasteiger partial charge on any atom is -0.496 e. The first kappa shape index (κ1) is 11.5. The van der Waals surface area contributed by atoms with Crippen molar-refractivity contribution < 1.29 is 14.3 Å². The quantitative estimate of drug-likeness (QED) is 0.760. The van der Waals surface area contributed by atoms with Crippen LogP contribution in [0, 0.1) is 0 Å². The summed E-state index contributed by atoms with van der Waals surface area (Å²) in [4.78, 5) is 11.4. The summed E-state index contributed by atoms with van der Waals surface area (Å²) in [5, 5.41) is 0. The lowest BCUT2D eigenvalue weighted by Crippen LogP contribution is -2.07. The predicted octanol–water partition coefficient (Wildman–Crippen LogP) is 1.33. The van der Waals surface area contributed by atoms with E-state index in [0.717, 1.165) is 5.56 Å². The summed E-state index contributed by atoms with van der Waals surface area (Å²) in [6, 6.07) is 5.07. The molecule has 0 atom stereocenters. The number of nitrogens with two attached hydrogens (primary N) is 1. The second-order valence-corrected chi connectivity index (χ2v) is 2.95. The molecule has 0 bridgehead atoms. The van der Waals surface area contributed by atoms with E-state index < -0.39 is 0 Å². The fourth-order valence-corrected chi connectivity index (χ4v) is 1.28. The van der Waals surface area contributed by atoms with Crippen molar-refractivity contribution in [2.45, 2.75) is 13.5 Å². The van der Waals surface area contributed by atoms with Crippen molar-refractivity contribution >= 4 is 5.97 Å². The van der Waals surface area contributed by atoms with E-state index >= 15 is 0 Å². The minimum absolute atomic E-state index is 0.330. The Morgan fingerprint density at radius 1 is 1.47 bits per heavy atom. The van der Waals surface area contributed by atoms with E-state index in [9.17, 15) is 4.79 Å². The third kappa shape index (κ3) is 2.70. The molecular weight excluding hydrogens is 194 g/mol. The minimum atomic E-state index is -0.338. The Hall–Kier alpha value is -1.55. The van der Waals surface area contributed by atoms with E-state index in [-0.39, 0.29) is 5.97 Å². The van der Waals surface area contributed by atoms with Gasteiger partial charge in [0.25, 0.3) is 0 Å². The van der Waals surface area contributed by atoms with Crippen LogP contribution < -0.4 is 10.5 Å². The van der Waals surface area contributed by atoms with Crippen LogP contribution in [-0.4, -0.2) is 19.7 Å². The summed E-state index contributed by atoms with van der Waals surface area (Å²) in [5.74, 6) is 0.348. The van der Waals surface area contributed by atoms with Crippen LogP contribution in [0.25, 0.3) is 0 Å². The van der Waals surface area contributed by atoms with Crippen LogP contribution in [0.5, 0.6) is 5.75 Å². The number of methoxy groups -OCH3 is 1. The molecule has 0 aliphatic heterocycles. The first-order valence-electron chi connectivity index (χ1n) is 4.77. The molecule has 15 heavy (non-hydrogen) atoms. The molecule has 0 aromatic heterocycles. The lowest BCUT2D eigenvalue weighted by atomic mass is 10.1. The molecule has 1 aromatic rings. The topological polar surface area (TPSA) is 61.5 Å². The molecule has 0 spiro atoms. The molecular formula is C11H15NO3. The van der Waals surface area contributed by atoms with Crippen molar-refractivity contribution in [1.29, 1.82) is 0 Å². The van der Waals surface area contributed by atoms with Crippen LogP contribution in [0.1, 0.15) is 22.8 Å². The van der Waals surface area contributed by atoms with Crippen molar-refractivity contribution in [3.8, 4) is 5.75 Å². The van der Waals surface area contributed by atoms with Gasteiger partial charge in [0, 0.05) is 12.1 Å². The molecule has 82 valence electrons. The number of ether oxygens (including phenoxy) is 2. The zero-order chi connectivity index (χ0) is 11.3. The zero-order valence-electron chi connectivity index (χ0n) is 8.95. The van der Waals surface area contributed by atoms with Gasteiger partial charge in [0.05, 0.1) is 19.3 Å². The molecule has 0 heterocycles. The number of hydrogen-bond donors (Lipinski definition) is 1. The third-order valence-electron chi connectivity index (χ3n) is 2.01. The molecule has 0 aliphatic carbocycles. The highest BCUT2D eigenvalue weighted by Crippen LogP contribution is 2.19. The Labute approximate surface area is 89.0 Å². The summed E-state index contributed by atoms with van der Waals surface area (Å²) in [5.41, 5.74) is 6.83. The molecule has 1 aromatic carbocycles. The third-order valence-corrected chi connectivity index (χ3v) is 2.01. The van der Waals surface area contributed by atoms with Crippen molar-refractivity contribution in [3.05, 3.63) is 29.3 Å². The van der Waals surface area contributed by atoms with E-state index in [2.05, 4.69) is 0 Å². The van der Waals surface area contributed by atoms with E-state index in [1.54, 1.807) is 32.2 Å². The van der Waals surface area contributed by atoms with Crippen LogP contribution in [-0.2, 0) is 11.3 Å². The molecule has 4 heteroatoms. The Bertz CT molecular complexity index is 350. The summed E-state index contributed by atoms with van der Waals surface area (Å²) in [6.07, 6.45) is 0. The monoisotopic (exact) mass is 209 g/mol. The fraction of sp³-hybridized carbons (Fsp3) is 0.364. The smallest absolute Gasteiger partial charge is 0.338 e. The second-order valence-electron chi connectivity index (χ2n) is 2.95. The van der Waals surface area contributed by atoms with Gasteiger partial charge in [-0.15, -0.1) is 0 Å². The Morgan fingerprint density at radius 2 is 2.20 bits per heavy atom. The first-order valence-corrected chi connectivity index (χ1v) is 4.77. The standard InChI is InChI=1S/C11H15NO3/c1-3-15-11(13)8-4-5-10(14-2)9(6-8)7-12/h4-6H,3,7,12H2,1-2H3. The summed E-state index contributed by atoms with van der Waals surface area (Å²) >= 11 is 0. The fourth-order valence-electron chi connectivity index (χ4n) is 1.28. The number of rotatable bonds is 4. The first-order chi connectivity index (χ1) is 7.22. The molecule has 0 saturated heterocycles. The van der Waals surface area contributed by atoms with Crippen molar-refractivity contribution in [2.24, 2.45) is 5.73 Å². The number of carbonyl (C=O) groups excluding carboxylic acids is 1. The summed E-state index contributed by atoms with van der Waals surface area (Å²) in [7, 11) is 1.57. The van der Waals surface area contributed by atoms with Gasteiger partial charge >= 0.3 is 5.97 Å². The van der Waals surface area contributed by atoms with Gasteiger partial charge in [-0.25, -0.2) is 4.79 Å². The van der Waals surface area contributed by atoms with Crippen LogP contribution in [0.3, 0.4) is 0 Å². The van der Waals surface area contributed by atoms with Crippen LogP contribution in [0.15, 0.2) is 18.2 Å². The van der Waals surface area contributed by atoms with Gasteiger partial charge in [0.1, 0.15) is 5.75 Å². The predicted molar refractivity (Wildman–Crippen MR) is 56.8 cm³/mol. The van der Waals surface area contributed by atoms with Crippen LogP contribution in [0.2, 0.25) is 0 Å². The van der Waals surface area contributed by atoms with Gasteiger partial charge in [0.15, 0.2) is 0 Å².